The lowest BCUT2D eigenvalue weighted by Crippen LogP contribution is -2.28. The van der Waals surface area contributed by atoms with Gasteiger partial charge in [0.15, 0.2) is 0 Å². The average molecular weight is 278 g/mol. The third-order valence-electron chi connectivity index (χ3n) is 2.83. The standard InChI is InChI=1S/C11H14N6O3/c1-7-11(17(19)20)8(2)16(15-7)6-10(18)14-5-9-12-3-4-13-9/h3-4H,5-6H2,1-2H3,(H,12,13)(H,14,18). The molecule has 0 aliphatic carbocycles. The summed E-state index contributed by atoms with van der Waals surface area (Å²) >= 11 is 0. The van der Waals surface area contributed by atoms with Gasteiger partial charge in [0, 0.05) is 12.4 Å². The fourth-order valence-electron chi connectivity index (χ4n) is 1.87. The second kappa shape index (κ2) is 5.51. The maximum Gasteiger partial charge on any atom is 0.312 e. The van der Waals surface area contributed by atoms with Crippen molar-refractivity contribution < 1.29 is 9.72 Å². The van der Waals surface area contributed by atoms with Crippen molar-refractivity contribution in [3.63, 3.8) is 0 Å². The third kappa shape index (κ3) is 2.82. The molecule has 0 unspecified atom stereocenters. The topological polar surface area (TPSA) is 119 Å². The SMILES string of the molecule is Cc1nn(CC(=O)NCc2ncc[nH]2)c(C)c1[N+](=O)[O-]. The Morgan fingerprint density at radius 2 is 2.30 bits per heavy atom. The molecule has 0 atom stereocenters. The van der Waals surface area contributed by atoms with Crippen molar-refractivity contribution in [2.24, 2.45) is 0 Å². The van der Waals surface area contributed by atoms with Gasteiger partial charge in [-0.05, 0) is 13.8 Å². The van der Waals surface area contributed by atoms with E-state index in [1.54, 1.807) is 26.2 Å². The van der Waals surface area contributed by atoms with Crippen LogP contribution in [0.3, 0.4) is 0 Å². The predicted octanol–water partition coefficient (Wildman–Crippen LogP) is 0.448. The molecule has 20 heavy (non-hydrogen) atoms. The Morgan fingerprint density at radius 3 is 2.85 bits per heavy atom. The quantitative estimate of drug-likeness (QED) is 0.608. The number of amides is 1. The molecule has 0 aliphatic rings. The monoisotopic (exact) mass is 278 g/mol. The molecule has 2 rings (SSSR count). The van der Waals surface area contributed by atoms with Gasteiger partial charge in [0.2, 0.25) is 5.91 Å². The van der Waals surface area contributed by atoms with Gasteiger partial charge in [-0.3, -0.25) is 19.6 Å². The smallest absolute Gasteiger partial charge is 0.312 e. The van der Waals surface area contributed by atoms with E-state index in [9.17, 15) is 14.9 Å². The molecule has 0 bridgehead atoms. The van der Waals surface area contributed by atoms with Gasteiger partial charge < -0.3 is 10.3 Å². The zero-order valence-electron chi connectivity index (χ0n) is 11.1. The van der Waals surface area contributed by atoms with E-state index in [0.29, 0.717) is 17.2 Å². The fourth-order valence-corrected chi connectivity index (χ4v) is 1.87. The van der Waals surface area contributed by atoms with Crippen LogP contribution in [0.15, 0.2) is 12.4 Å². The summed E-state index contributed by atoms with van der Waals surface area (Å²) < 4.78 is 1.32. The minimum absolute atomic E-state index is 0.0520. The van der Waals surface area contributed by atoms with Gasteiger partial charge in [-0.1, -0.05) is 0 Å². The Bertz CT molecular complexity index is 631. The molecular formula is C11H14N6O3. The second-order valence-corrected chi connectivity index (χ2v) is 4.25. The summed E-state index contributed by atoms with van der Waals surface area (Å²) in [6.45, 7) is 3.31. The first-order valence-corrected chi connectivity index (χ1v) is 5.92. The Morgan fingerprint density at radius 1 is 1.55 bits per heavy atom. The minimum atomic E-state index is -0.491. The first-order valence-electron chi connectivity index (χ1n) is 5.92. The number of nitrogens with zero attached hydrogens (tertiary/aromatic N) is 4. The van der Waals surface area contributed by atoms with Crippen LogP contribution in [-0.4, -0.2) is 30.6 Å². The molecule has 2 heterocycles. The van der Waals surface area contributed by atoms with Crippen molar-refractivity contribution in [3.8, 4) is 0 Å². The minimum Gasteiger partial charge on any atom is -0.347 e. The van der Waals surface area contributed by atoms with Crippen LogP contribution in [0.2, 0.25) is 0 Å². The number of carbonyl (C=O) groups excluding carboxylic acids is 1. The van der Waals surface area contributed by atoms with Gasteiger partial charge in [-0.25, -0.2) is 4.98 Å². The number of nitrogens with one attached hydrogen (secondary N) is 2. The Kier molecular flexibility index (Phi) is 3.78. The lowest BCUT2D eigenvalue weighted by atomic mass is 10.3. The lowest BCUT2D eigenvalue weighted by molar-refractivity contribution is -0.386. The van der Waals surface area contributed by atoms with Crippen molar-refractivity contribution in [2.45, 2.75) is 26.9 Å². The van der Waals surface area contributed by atoms with E-state index in [4.69, 9.17) is 0 Å². The zero-order chi connectivity index (χ0) is 14.7. The highest BCUT2D eigenvalue weighted by Crippen LogP contribution is 2.21. The molecule has 2 aromatic heterocycles. The normalized spacial score (nSPS) is 10.5. The van der Waals surface area contributed by atoms with E-state index in [1.165, 1.54) is 4.68 Å². The molecule has 1 amide bonds. The molecule has 9 nitrogen and oxygen atoms in total. The number of aromatic nitrogens is 4. The summed E-state index contributed by atoms with van der Waals surface area (Å²) in [5, 5.41) is 17.5. The van der Waals surface area contributed by atoms with Crippen molar-refractivity contribution in [1.29, 1.82) is 0 Å². The molecular weight excluding hydrogens is 264 g/mol. The molecule has 9 heteroatoms. The number of hydrogen-bond acceptors (Lipinski definition) is 5. The van der Waals surface area contributed by atoms with Gasteiger partial charge in [0.05, 0.1) is 11.5 Å². The van der Waals surface area contributed by atoms with Gasteiger partial charge in [-0.2, -0.15) is 5.10 Å². The van der Waals surface area contributed by atoms with E-state index in [0.717, 1.165) is 0 Å². The molecule has 106 valence electrons. The summed E-state index contributed by atoms with van der Waals surface area (Å²) in [4.78, 5) is 29.0. The number of H-pyrrole nitrogens is 1. The third-order valence-corrected chi connectivity index (χ3v) is 2.83. The Balaban J connectivity index is 2.01. The van der Waals surface area contributed by atoms with Crippen molar-refractivity contribution in [3.05, 3.63) is 39.7 Å². The first-order chi connectivity index (χ1) is 9.49. The molecule has 0 saturated carbocycles. The van der Waals surface area contributed by atoms with Crippen LogP contribution in [0.4, 0.5) is 5.69 Å². The highest BCUT2D eigenvalue weighted by molar-refractivity contribution is 5.75. The number of hydrogen-bond donors (Lipinski definition) is 2. The molecule has 2 aromatic rings. The molecule has 0 fully saturated rings. The first kappa shape index (κ1) is 13.7. The van der Waals surface area contributed by atoms with E-state index in [-0.39, 0.29) is 24.7 Å². The Labute approximate surface area is 114 Å². The zero-order valence-corrected chi connectivity index (χ0v) is 11.1. The van der Waals surface area contributed by atoms with Crippen molar-refractivity contribution in [1.82, 2.24) is 25.1 Å². The molecule has 0 aromatic carbocycles. The van der Waals surface area contributed by atoms with Crippen molar-refractivity contribution >= 4 is 11.6 Å². The van der Waals surface area contributed by atoms with Gasteiger partial charge >= 0.3 is 5.69 Å². The molecule has 2 N–H and O–H groups in total. The van der Waals surface area contributed by atoms with Gasteiger partial charge in [0.1, 0.15) is 23.8 Å². The van der Waals surface area contributed by atoms with Crippen LogP contribution in [0.25, 0.3) is 0 Å². The molecule has 0 spiro atoms. The maximum atomic E-state index is 11.8. The predicted molar refractivity (Wildman–Crippen MR) is 68.8 cm³/mol. The van der Waals surface area contributed by atoms with E-state index >= 15 is 0 Å². The maximum absolute atomic E-state index is 11.8. The summed E-state index contributed by atoms with van der Waals surface area (Å²) in [5.74, 6) is 0.347. The summed E-state index contributed by atoms with van der Waals surface area (Å²) in [5.41, 5.74) is 0.607. The number of nitro groups is 1. The van der Waals surface area contributed by atoms with Gasteiger partial charge in [-0.15, -0.1) is 0 Å². The Hall–Kier alpha value is -2.71. The van der Waals surface area contributed by atoms with Crippen LogP contribution in [0.1, 0.15) is 17.2 Å². The number of aryl methyl sites for hydroxylation is 1. The average Bonchev–Trinajstić information content (AvgIpc) is 2.96. The van der Waals surface area contributed by atoms with Crippen LogP contribution in [0.5, 0.6) is 0 Å². The highest BCUT2D eigenvalue weighted by Gasteiger charge is 2.22. The van der Waals surface area contributed by atoms with Gasteiger partial charge in [0.25, 0.3) is 0 Å². The van der Waals surface area contributed by atoms with E-state index < -0.39 is 4.92 Å². The van der Waals surface area contributed by atoms with Crippen molar-refractivity contribution in [2.75, 3.05) is 0 Å². The van der Waals surface area contributed by atoms with Crippen LogP contribution in [0, 0.1) is 24.0 Å². The number of rotatable bonds is 5. The van der Waals surface area contributed by atoms with Crippen LogP contribution < -0.4 is 5.32 Å². The number of imidazole rings is 1. The fraction of sp³-hybridized carbons (Fsp3) is 0.364. The second-order valence-electron chi connectivity index (χ2n) is 4.25. The molecule has 0 saturated heterocycles. The van der Waals surface area contributed by atoms with Crippen LogP contribution in [-0.2, 0) is 17.9 Å². The molecule has 0 radical (unpaired) electrons. The summed E-state index contributed by atoms with van der Waals surface area (Å²) in [7, 11) is 0. The largest absolute Gasteiger partial charge is 0.347 e. The number of aromatic amines is 1. The number of carbonyl (C=O) groups is 1. The summed E-state index contributed by atoms with van der Waals surface area (Å²) in [6, 6.07) is 0. The highest BCUT2D eigenvalue weighted by atomic mass is 16.6. The lowest BCUT2D eigenvalue weighted by Gasteiger charge is -2.04. The van der Waals surface area contributed by atoms with E-state index in [2.05, 4.69) is 20.4 Å². The van der Waals surface area contributed by atoms with E-state index in [1.807, 2.05) is 0 Å². The van der Waals surface area contributed by atoms with Crippen LogP contribution >= 0.6 is 0 Å². The molecule has 0 aliphatic heterocycles. The summed E-state index contributed by atoms with van der Waals surface area (Å²) in [6.07, 6.45) is 3.25.